The van der Waals surface area contributed by atoms with Crippen LogP contribution >= 0.6 is 11.6 Å². The zero-order chi connectivity index (χ0) is 9.05. The molecule has 1 aliphatic heterocycles. The maximum Gasteiger partial charge on any atom is 0.192 e. The molecule has 2 fully saturated rings. The molecule has 2 nitrogen and oxygen atoms in total. The minimum absolute atomic E-state index is 0.388. The number of allylic oxidation sites excluding steroid dienone is 1. The van der Waals surface area contributed by atoms with E-state index < -0.39 is 0 Å². The average Bonchev–Trinajstić information content (AvgIpc) is 2.48. The third-order valence-electron chi connectivity index (χ3n) is 3.70. The Hall–Kier alpha value is -0.500. The molecule has 3 aliphatic rings. The highest BCUT2D eigenvalue weighted by atomic mass is 35.5. The average molecular weight is 198 g/mol. The highest BCUT2D eigenvalue weighted by Gasteiger charge is 2.64. The number of nitrogens with zero attached hydrogens (tertiary/aromatic N) is 1. The van der Waals surface area contributed by atoms with E-state index in [2.05, 4.69) is 0 Å². The summed E-state index contributed by atoms with van der Waals surface area (Å²) in [5.41, 5.74) is 0.944. The minimum atomic E-state index is -0.388. The number of alkyl halides is 1. The van der Waals surface area contributed by atoms with Gasteiger partial charge in [-0.25, -0.2) is 4.74 Å². The van der Waals surface area contributed by atoms with Crippen LogP contribution in [0.1, 0.15) is 19.3 Å². The molecule has 0 aromatic rings. The van der Waals surface area contributed by atoms with Crippen molar-refractivity contribution in [2.24, 2.45) is 11.8 Å². The predicted octanol–water partition coefficient (Wildman–Crippen LogP) is 1.91. The molecule has 70 valence electrons. The Bertz CT molecular complexity index is 323. The van der Waals surface area contributed by atoms with Gasteiger partial charge in [0, 0.05) is 11.8 Å². The quantitative estimate of drug-likeness (QED) is 0.252. The summed E-state index contributed by atoms with van der Waals surface area (Å²) in [6.07, 6.45) is 7.52. The number of rotatable bonds is 0. The summed E-state index contributed by atoms with van der Waals surface area (Å²) in [5, 5.41) is 11.5. The molecular weight excluding hydrogens is 186 g/mol. The lowest BCUT2D eigenvalue weighted by atomic mass is 9.63. The van der Waals surface area contributed by atoms with Gasteiger partial charge in [-0.1, -0.05) is 12.5 Å². The van der Waals surface area contributed by atoms with Gasteiger partial charge >= 0.3 is 0 Å². The largest absolute Gasteiger partial charge is 0.624 e. The molecule has 0 N–H and O–H groups in total. The maximum atomic E-state index is 11.5. The van der Waals surface area contributed by atoms with Gasteiger partial charge in [0.1, 0.15) is 4.87 Å². The van der Waals surface area contributed by atoms with Crippen LogP contribution in [0, 0.1) is 17.0 Å². The van der Waals surface area contributed by atoms with E-state index in [0.717, 1.165) is 10.5 Å². The van der Waals surface area contributed by atoms with Crippen molar-refractivity contribution in [3.63, 3.8) is 0 Å². The summed E-state index contributed by atoms with van der Waals surface area (Å²) in [6.45, 7) is 0.493. The Balaban J connectivity index is 2.07. The Morgan fingerprint density at radius 1 is 1.54 bits per heavy atom. The van der Waals surface area contributed by atoms with E-state index in [-0.39, 0.29) is 4.87 Å². The lowest BCUT2D eigenvalue weighted by Gasteiger charge is -2.46. The molecule has 0 saturated heterocycles. The van der Waals surface area contributed by atoms with Crippen LogP contribution in [0.3, 0.4) is 0 Å². The first-order valence-corrected chi connectivity index (χ1v) is 5.30. The fourth-order valence-electron chi connectivity index (χ4n) is 3.17. The maximum absolute atomic E-state index is 11.5. The molecule has 0 spiro atoms. The van der Waals surface area contributed by atoms with E-state index >= 15 is 0 Å². The summed E-state index contributed by atoms with van der Waals surface area (Å²) in [7, 11) is 0. The monoisotopic (exact) mass is 197 g/mol. The molecule has 0 bridgehead atoms. The van der Waals surface area contributed by atoms with Crippen molar-refractivity contribution in [2.45, 2.75) is 24.1 Å². The molecule has 3 unspecified atom stereocenters. The van der Waals surface area contributed by atoms with Crippen molar-refractivity contribution in [1.29, 1.82) is 0 Å². The topological polar surface area (TPSA) is 26.1 Å². The molecule has 1 heterocycles. The van der Waals surface area contributed by atoms with Gasteiger partial charge in [-0.3, -0.25) is 0 Å². The van der Waals surface area contributed by atoms with Crippen molar-refractivity contribution in [3.8, 4) is 0 Å². The second-order valence-corrected chi connectivity index (χ2v) is 4.89. The van der Waals surface area contributed by atoms with Crippen LogP contribution in [0.2, 0.25) is 0 Å². The zero-order valence-electron chi connectivity index (χ0n) is 7.37. The van der Waals surface area contributed by atoms with Crippen molar-refractivity contribution < 1.29 is 4.74 Å². The molecule has 2 saturated carbocycles. The van der Waals surface area contributed by atoms with Crippen LogP contribution in [0.5, 0.6) is 0 Å². The van der Waals surface area contributed by atoms with Gasteiger partial charge in [-0.05, 0) is 18.9 Å². The van der Waals surface area contributed by atoms with Crippen LogP contribution < -0.4 is 0 Å². The zero-order valence-corrected chi connectivity index (χ0v) is 8.13. The van der Waals surface area contributed by atoms with Crippen molar-refractivity contribution in [3.05, 3.63) is 17.4 Å². The highest BCUT2D eigenvalue weighted by Crippen LogP contribution is 2.56. The van der Waals surface area contributed by atoms with Gasteiger partial charge in [0.25, 0.3) is 0 Å². The summed E-state index contributed by atoms with van der Waals surface area (Å²) in [4.78, 5) is -0.388. The number of hydrogen-bond acceptors (Lipinski definition) is 1. The van der Waals surface area contributed by atoms with Crippen LogP contribution in [0.15, 0.2) is 12.2 Å². The van der Waals surface area contributed by atoms with Crippen molar-refractivity contribution in [1.82, 2.24) is 0 Å². The molecule has 0 radical (unpaired) electrons. The van der Waals surface area contributed by atoms with Crippen LogP contribution in [0.25, 0.3) is 0 Å². The van der Waals surface area contributed by atoms with E-state index in [1.54, 1.807) is 0 Å². The lowest BCUT2D eigenvalue weighted by molar-refractivity contribution is -0.456. The Morgan fingerprint density at radius 3 is 3.23 bits per heavy atom. The SMILES string of the molecule is [O-][N+]1=C2C3CCCC3C2(Cl)C=CC1. The summed E-state index contributed by atoms with van der Waals surface area (Å²) in [6, 6.07) is 0. The minimum Gasteiger partial charge on any atom is -0.624 e. The highest BCUT2D eigenvalue weighted by molar-refractivity contribution is 6.40. The predicted molar refractivity (Wildman–Crippen MR) is 52.1 cm³/mol. The van der Waals surface area contributed by atoms with Gasteiger partial charge in [-0.15, -0.1) is 11.6 Å². The Morgan fingerprint density at radius 2 is 2.38 bits per heavy atom. The second-order valence-electron chi connectivity index (χ2n) is 4.26. The summed E-state index contributed by atoms with van der Waals surface area (Å²) in [5.74, 6) is 1.04. The van der Waals surface area contributed by atoms with E-state index in [9.17, 15) is 5.21 Å². The van der Waals surface area contributed by atoms with Gasteiger partial charge < -0.3 is 5.21 Å². The number of hydrogen-bond donors (Lipinski definition) is 0. The number of fused-ring (bicyclic) bond motifs is 4. The van der Waals surface area contributed by atoms with Crippen LogP contribution in [-0.4, -0.2) is 21.9 Å². The first-order chi connectivity index (χ1) is 6.23. The smallest absolute Gasteiger partial charge is 0.192 e. The van der Waals surface area contributed by atoms with Gasteiger partial charge in [-0.2, -0.15) is 0 Å². The fraction of sp³-hybridized carbons (Fsp3) is 0.700. The van der Waals surface area contributed by atoms with Crippen molar-refractivity contribution in [2.75, 3.05) is 6.54 Å². The Labute approximate surface area is 82.5 Å². The van der Waals surface area contributed by atoms with Gasteiger partial charge in [0.15, 0.2) is 12.3 Å². The first kappa shape index (κ1) is 7.86. The van der Waals surface area contributed by atoms with Gasteiger partial charge in [0.05, 0.1) is 0 Å². The summed E-state index contributed by atoms with van der Waals surface area (Å²) < 4.78 is 1.10. The van der Waals surface area contributed by atoms with E-state index in [4.69, 9.17) is 11.6 Å². The molecule has 3 heteroatoms. The van der Waals surface area contributed by atoms with Crippen LogP contribution in [0.4, 0.5) is 0 Å². The number of hydroxylamine groups is 1. The molecule has 2 aliphatic carbocycles. The molecule has 3 rings (SSSR count). The normalized spacial score (nSPS) is 47.2. The molecule has 0 aromatic heterocycles. The molecule has 0 amide bonds. The van der Waals surface area contributed by atoms with E-state index in [1.165, 1.54) is 19.3 Å². The van der Waals surface area contributed by atoms with Crippen LogP contribution in [-0.2, 0) is 0 Å². The second kappa shape index (κ2) is 2.30. The standard InChI is InChI=1S/C10H12ClNO/c11-10-5-2-6-12(13)9(10)7-3-1-4-8(7)10/h2,5,7-8H,1,3-4,6H2. The Kier molecular flexibility index (Phi) is 1.39. The first-order valence-electron chi connectivity index (χ1n) is 4.92. The lowest BCUT2D eigenvalue weighted by Crippen LogP contribution is -2.60. The van der Waals surface area contributed by atoms with Crippen molar-refractivity contribution >= 4 is 17.3 Å². The fourth-order valence-corrected chi connectivity index (χ4v) is 3.76. The van der Waals surface area contributed by atoms with E-state index in [1.807, 2.05) is 12.2 Å². The molecule has 0 aromatic carbocycles. The van der Waals surface area contributed by atoms with Gasteiger partial charge in [0.2, 0.25) is 0 Å². The number of halogens is 1. The molecular formula is C10H12ClNO. The third-order valence-corrected chi connectivity index (χ3v) is 4.30. The van der Waals surface area contributed by atoms with E-state index in [0.29, 0.717) is 18.4 Å². The third kappa shape index (κ3) is 0.779. The summed E-state index contributed by atoms with van der Waals surface area (Å²) >= 11 is 6.44. The molecule has 13 heavy (non-hydrogen) atoms. The molecule has 3 atom stereocenters.